The Balaban J connectivity index is 2.17. The van der Waals surface area contributed by atoms with Crippen LogP contribution in [0.15, 0.2) is 34.9 Å². The van der Waals surface area contributed by atoms with E-state index in [1.54, 1.807) is 0 Å². The third-order valence-corrected chi connectivity index (χ3v) is 2.77. The maximum Gasteiger partial charge on any atom is 0.147 e. The van der Waals surface area contributed by atoms with Gasteiger partial charge in [-0.1, -0.05) is 21.1 Å². The van der Waals surface area contributed by atoms with Crippen LogP contribution in [0.2, 0.25) is 0 Å². The van der Waals surface area contributed by atoms with Gasteiger partial charge in [0.2, 0.25) is 0 Å². The third-order valence-electron chi connectivity index (χ3n) is 2.21. The zero-order chi connectivity index (χ0) is 12.3. The topological polar surface area (TPSA) is 35.3 Å². The van der Waals surface area contributed by atoms with Gasteiger partial charge in [-0.3, -0.25) is 0 Å². The smallest absolute Gasteiger partial charge is 0.147 e. The van der Waals surface area contributed by atoms with Crippen molar-refractivity contribution in [1.82, 2.24) is 5.16 Å². The van der Waals surface area contributed by atoms with Crippen LogP contribution < -0.4 is 4.74 Å². The number of nitrogens with zero attached hydrogens (tertiary/aromatic N) is 1. The predicted molar refractivity (Wildman–Crippen MR) is 70.3 cm³/mol. The second kappa shape index (κ2) is 5.36. The fraction of sp³-hybridized carbons (Fsp3) is 0.308. The molecule has 0 saturated heterocycles. The summed E-state index contributed by atoms with van der Waals surface area (Å²) in [6.07, 6.45) is 0.188. The normalized spacial score (nSPS) is 10.8. The monoisotopic (exact) mass is 295 g/mol. The molecule has 0 saturated carbocycles. The molecule has 0 spiro atoms. The van der Waals surface area contributed by atoms with Gasteiger partial charge in [-0.15, -0.1) is 0 Å². The zero-order valence-corrected chi connectivity index (χ0v) is 11.4. The van der Waals surface area contributed by atoms with Crippen molar-refractivity contribution in [3.8, 4) is 17.0 Å². The summed E-state index contributed by atoms with van der Waals surface area (Å²) in [5.41, 5.74) is 1.87. The van der Waals surface area contributed by atoms with E-state index in [9.17, 15) is 0 Å². The van der Waals surface area contributed by atoms with Gasteiger partial charge < -0.3 is 9.26 Å². The Morgan fingerprint density at radius 3 is 2.53 bits per heavy atom. The van der Waals surface area contributed by atoms with Gasteiger partial charge in [0, 0.05) is 11.6 Å². The molecule has 2 rings (SSSR count). The van der Waals surface area contributed by atoms with E-state index in [1.165, 1.54) is 0 Å². The summed E-state index contributed by atoms with van der Waals surface area (Å²) in [6, 6.07) is 9.77. The molecule has 3 nitrogen and oxygen atoms in total. The lowest BCUT2D eigenvalue weighted by Gasteiger charge is -2.09. The number of hydrogen-bond acceptors (Lipinski definition) is 3. The summed E-state index contributed by atoms with van der Waals surface area (Å²) < 4.78 is 10.7. The van der Waals surface area contributed by atoms with Crippen molar-refractivity contribution in [3.05, 3.63) is 36.1 Å². The Morgan fingerprint density at radius 1 is 1.29 bits per heavy atom. The van der Waals surface area contributed by atoms with E-state index < -0.39 is 0 Å². The summed E-state index contributed by atoms with van der Waals surface area (Å²) in [7, 11) is 0. The quantitative estimate of drug-likeness (QED) is 0.799. The van der Waals surface area contributed by atoms with Crippen molar-refractivity contribution in [1.29, 1.82) is 0 Å². The van der Waals surface area contributed by atoms with Crippen molar-refractivity contribution in [2.75, 3.05) is 0 Å². The fourth-order valence-electron chi connectivity index (χ4n) is 1.49. The Kier molecular flexibility index (Phi) is 3.84. The van der Waals surface area contributed by atoms with Gasteiger partial charge in [0.15, 0.2) is 0 Å². The number of halogens is 1. The van der Waals surface area contributed by atoms with Crippen molar-refractivity contribution >= 4 is 15.9 Å². The molecule has 0 atom stereocenters. The molecule has 17 heavy (non-hydrogen) atoms. The van der Waals surface area contributed by atoms with Gasteiger partial charge in [-0.2, -0.15) is 0 Å². The van der Waals surface area contributed by atoms with Crippen LogP contribution in [-0.2, 0) is 5.33 Å². The number of ether oxygens (including phenoxy) is 1. The molecule has 0 amide bonds. The van der Waals surface area contributed by atoms with Crippen LogP contribution in [0.5, 0.6) is 5.75 Å². The minimum absolute atomic E-state index is 0.188. The van der Waals surface area contributed by atoms with E-state index in [-0.39, 0.29) is 6.10 Å². The van der Waals surface area contributed by atoms with Gasteiger partial charge in [-0.05, 0) is 38.1 Å². The van der Waals surface area contributed by atoms with Gasteiger partial charge in [-0.25, -0.2) is 0 Å². The molecule has 1 aromatic carbocycles. The van der Waals surface area contributed by atoms with Crippen LogP contribution in [0, 0.1) is 0 Å². The Bertz CT molecular complexity index is 476. The van der Waals surface area contributed by atoms with Crippen LogP contribution >= 0.6 is 15.9 Å². The van der Waals surface area contributed by atoms with E-state index in [1.807, 2.05) is 44.2 Å². The van der Waals surface area contributed by atoms with Crippen molar-refractivity contribution in [2.45, 2.75) is 25.3 Å². The molecule has 0 aliphatic carbocycles. The van der Waals surface area contributed by atoms with Crippen LogP contribution in [0.1, 0.15) is 19.6 Å². The molecular formula is C13H14BrNO2. The zero-order valence-electron chi connectivity index (χ0n) is 9.81. The molecule has 4 heteroatoms. The number of hydrogen-bond donors (Lipinski definition) is 0. The third kappa shape index (κ3) is 3.09. The highest BCUT2D eigenvalue weighted by molar-refractivity contribution is 9.08. The minimum Gasteiger partial charge on any atom is -0.491 e. The summed E-state index contributed by atoms with van der Waals surface area (Å²) in [5, 5.41) is 4.68. The van der Waals surface area contributed by atoms with E-state index in [0.29, 0.717) is 5.33 Å². The number of rotatable bonds is 4. The summed E-state index contributed by atoms with van der Waals surface area (Å²) in [5.74, 6) is 1.69. The first-order valence-corrected chi connectivity index (χ1v) is 6.60. The van der Waals surface area contributed by atoms with Gasteiger partial charge in [0.05, 0.1) is 11.4 Å². The van der Waals surface area contributed by atoms with Gasteiger partial charge >= 0.3 is 0 Å². The van der Waals surface area contributed by atoms with E-state index >= 15 is 0 Å². The van der Waals surface area contributed by atoms with Gasteiger partial charge in [0.1, 0.15) is 17.2 Å². The maximum atomic E-state index is 5.58. The Hall–Kier alpha value is -1.29. The molecule has 1 heterocycles. The average Bonchev–Trinajstić information content (AvgIpc) is 2.78. The molecule has 1 aromatic heterocycles. The highest BCUT2D eigenvalue weighted by Crippen LogP contribution is 2.23. The highest BCUT2D eigenvalue weighted by Gasteiger charge is 2.06. The lowest BCUT2D eigenvalue weighted by atomic mass is 10.1. The minimum atomic E-state index is 0.188. The molecule has 2 aromatic rings. The molecule has 0 N–H and O–H groups in total. The Labute approximate surface area is 109 Å². The van der Waals surface area contributed by atoms with E-state index in [2.05, 4.69) is 21.1 Å². The highest BCUT2D eigenvalue weighted by atomic mass is 79.9. The molecule has 0 radical (unpaired) electrons. The first kappa shape index (κ1) is 12.2. The van der Waals surface area contributed by atoms with Crippen LogP contribution in [-0.4, -0.2) is 11.3 Å². The van der Waals surface area contributed by atoms with E-state index in [0.717, 1.165) is 22.8 Å². The van der Waals surface area contributed by atoms with Gasteiger partial charge in [0.25, 0.3) is 0 Å². The lowest BCUT2D eigenvalue weighted by Crippen LogP contribution is -2.05. The lowest BCUT2D eigenvalue weighted by molar-refractivity contribution is 0.242. The largest absolute Gasteiger partial charge is 0.491 e. The Morgan fingerprint density at radius 2 is 2.00 bits per heavy atom. The standard InChI is InChI=1S/C13H14BrNO2/c1-9(2)16-11-5-3-10(4-6-11)13-7-12(8-14)17-15-13/h3-7,9H,8H2,1-2H3. The molecule has 0 fully saturated rings. The number of benzene rings is 1. The summed E-state index contributed by atoms with van der Waals surface area (Å²) in [6.45, 7) is 4.02. The molecule has 0 unspecified atom stereocenters. The molecule has 0 bridgehead atoms. The van der Waals surface area contributed by atoms with Crippen molar-refractivity contribution in [3.63, 3.8) is 0 Å². The molecule has 90 valence electrons. The van der Waals surface area contributed by atoms with E-state index in [4.69, 9.17) is 9.26 Å². The fourth-order valence-corrected chi connectivity index (χ4v) is 1.75. The van der Waals surface area contributed by atoms with Crippen LogP contribution in [0.4, 0.5) is 0 Å². The number of aromatic nitrogens is 1. The summed E-state index contributed by atoms with van der Waals surface area (Å²) >= 11 is 3.33. The van der Waals surface area contributed by atoms with Crippen molar-refractivity contribution < 1.29 is 9.26 Å². The molecule has 0 aliphatic rings. The predicted octanol–water partition coefficient (Wildman–Crippen LogP) is 4.02. The van der Waals surface area contributed by atoms with Crippen molar-refractivity contribution in [2.24, 2.45) is 0 Å². The maximum absolute atomic E-state index is 5.58. The van der Waals surface area contributed by atoms with Crippen LogP contribution in [0.3, 0.4) is 0 Å². The summed E-state index contributed by atoms with van der Waals surface area (Å²) in [4.78, 5) is 0. The van der Waals surface area contributed by atoms with Crippen LogP contribution in [0.25, 0.3) is 11.3 Å². The second-order valence-electron chi connectivity index (χ2n) is 4.00. The molecular weight excluding hydrogens is 282 g/mol. The first-order valence-electron chi connectivity index (χ1n) is 5.47. The average molecular weight is 296 g/mol. The number of alkyl halides is 1. The molecule has 0 aliphatic heterocycles. The first-order chi connectivity index (χ1) is 8.19. The SMILES string of the molecule is CC(C)Oc1ccc(-c2cc(CBr)on2)cc1. The second-order valence-corrected chi connectivity index (χ2v) is 4.56.